The first kappa shape index (κ1) is 12.0. The van der Waals surface area contributed by atoms with Gasteiger partial charge in [0.25, 0.3) is 0 Å². The number of halogens is 1. The van der Waals surface area contributed by atoms with Gasteiger partial charge in [-0.1, -0.05) is 24.3 Å². The lowest BCUT2D eigenvalue weighted by atomic mass is 10.2. The summed E-state index contributed by atoms with van der Waals surface area (Å²) in [4.78, 5) is 5.31. The largest absolute Gasteiger partial charge is 0.255 e. The lowest BCUT2D eigenvalue weighted by Gasteiger charge is -2.05. The van der Waals surface area contributed by atoms with Crippen LogP contribution in [0.5, 0.6) is 0 Å². The van der Waals surface area contributed by atoms with E-state index >= 15 is 0 Å². The van der Waals surface area contributed by atoms with Gasteiger partial charge in [-0.3, -0.25) is 4.98 Å². The van der Waals surface area contributed by atoms with Gasteiger partial charge in [-0.15, -0.1) is 0 Å². The van der Waals surface area contributed by atoms with E-state index in [1.54, 1.807) is 24.4 Å². The van der Waals surface area contributed by atoms with Crippen LogP contribution in [0.25, 0.3) is 10.9 Å². The molecule has 0 aliphatic rings. The molecule has 0 bridgehead atoms. The molecule has 0 fully saturated rings. The lowest BCUT2D eigenvalue weighted by Crippen LogP contribution is -1.96. The summed E-state index contributed by atoms with van der Waals surface area (Å²) in [6.07, 6.45) is 1.66. The number of hydrogen-bond acceptors (Lipinski definition) is 2. The SMILES string of the molecule is O=S(c1cccc(F)c1)c1cccc2cccnc12. The minimum atomic E-state index is -1.43. The molecule has 2 aromatic carbocycles. The van der Waals surface area contributed by atoms with Crippen molar-refractivity contribution in [3.8, 4) is 0 Å². The third kappa shape index (κ3) is 2.27. The number of aromatic nitrogens is 1. The van der Waals surface area contributed by atoms with Gasteiger partial charge in [0, 0.05) is 16.5 Å². The molecule has 0 N–H and O–H groups in total. The molecule has 0 aliphatic carbocycles. The van der Waals surface area contributed by atoms with Crippen LogP contribution in [-0.4, -0.2) is 9.19 Å². The second-order valence-electron chi connectivity index (χ2n) is 4.06. The molecular formula is C15H10FNOS. The smallest absolute Gasteiger partial charge is 0.124 e. The average molecular weight is 271 g/mol. The first-order valence-electron chi connectivity index (χ1n) is 5.77. The molecule has 1 heterocycles. The van der Waals surface area contributed by atoms with Crippen molar-refractivity contribution in [2.75, 3.05) is 0 Å². The maximum Gasteiger partial charge on any atom is 0.124 e. The van der Waals surface area contributed by atoms with Gasteiger partial charge in [-0.05, 0) is 30.3 Å². The maximum atomic E-state index is 13.2. The summed E-state index contributed by atoms with van der Waals surface area (Å²) >= 11 is 0. The molecule has 1 unspecified atom stereocenters. The maximum absolute atomic E-state index is 13.2. The third-order valence-electron chi connectivity index (χ3n) is 2.81. The van der Waals surface area contributed by atoms with Crippen LogP contribution in [0.2, 0.25) is 0 Å². The Labute approximate surface area is 112 Å². The molecule has 1 aromatic heterocycles. The van der Waals surface area contributed by atoms with E-state index in [2.05, 4.69) is 4.98 Å². The molecule has 0 amide bonds. The van der Waals surface area contributed by atoms with Crippen LogP contribution in [0.1, 0.15) is 0 Å². The Morgan fingerprint density at radius 3 is 2.63 bits per heavy atom. The van der Waals surface area contributed by atoms with Gasteiger partial charge in [-0.2, -0.15) is 0 Å². The van der Waals surface area contributed by atoms with Crippen molar-refractivity contribution in [2.24, 2.45) is 0 Å². The number of hydrogen-bond donors (Lipinski definition) is 0. The van der Waals surface area contributed by atoms with Crippen LogP contribution in [0, 0.1) is 5.82 Å². The molecule has 4 heteroatoms. The highest BCUT2D eigenvalue weighted by Gasteiger charge is 2.12. The quantitative estimate of drug-likeness (QED) is 0.713. The highest BCUT2D eigenvalue weighted by Crippen LogP contribution is 2.23. The zero-order valence-corrected chi connectivity index (χ0v) is 10.7. The number of rotatable bonds is 2. The summed E-state index contributed by atoms with van der Waals surface area (Å²) in [5.74, 6) is -0.390. The monoisotopic (exact) mass is 271 g/mol. The van der Waals surface area contributed by atoms with Crippen molar-refractivity contribution in [3.05, 3.63) is 66.6 Å². The van der Waals surface area contributed by atoms with Crippen LogP contribution >= 0.6 is 0 Å². The van der Waals surface area contributed by atoms with Crippen molar-refractivity contribution >= 4 is 21.7 Å². The van der Waals surface area contributed by atoms with E-state index in [1.807, 2.05) is 24.3 Å². The minimum absolute atomic E-state index is 0.390. The van der Waals surface area contributed by atoms with Gasteiger partial charge in [0.1, 0.15) is 5.82 Å². The molecule has 3 aromatic rings. The zero-order chi connectivity index (χ0) is 13.2. The van der Waals surface area contributed by atoms with Crippen LogP contribution in [-0.2, 0) is 10.8 Å². The second kappa shape index (κ2) is 4.90. The predicted molar refractivity (Wildman–Crippen MR) is 72.8 cm³/mol. The molecule has 0 saturated heterocycles. The van der Waals surface area contributed by atoms with E-state index in [1.165, 1.54) is 12.1 Å². The van der Waals surface area contributed by atoms with E-state index in [4.69, 9.17) is 0 Å². The Kier molecular flexibility index (Phi) is 3.09. The molecule has 0 saturated carbocycles. The molecule has 94 valence electrons. The number of pyridine rings is 1. The van der Waals surface area contributed by atoms with Gasteiger partial charge in [-0.25, -0.2) is 8.60 Å². The summed E-state index contributed by atoms with van der Waals surface area (Å²) in [7, 11) is -1.43. The van der Waals surface area contributed by atoms with Crippen LogP contribution in [0.4, 0.5) is 4.39 Å². The minimum Gasteiger partial charge on any atom is -0.255 e. The number of benzene rings is 2. The fourth-order valence-corrected chi connectivity index (χ4v) is 3.16. The summed E-state index contributed by atoms with van der Waals surface area (Å²) in [6, 6.07) is 15.1. The standard InChI is InChI=1S/C15H10FNOS/c16-12-6-2-7-13(10-12)19(18)14-8-1-4-11-5-3-9-17-15(11)14/h1-10H. The third-order valence-corrected chi connectivity index (χ3v) is 4.22. The number of fused-ring (bicyclic) bond motifs is 1. The van der Waals surface area contributed by atoms with Crippen molar-refractivity contribution in [1.82, 2.24) is 4.98 Å². The first-order chi connectivity index (χ1) is 9.25. The molecular weight excluding hydrogens is 261 g/mol. The van der Waals surface area contributed by atoms with Gasteiger partial charge in [0.05, 0.1) is 21.2 Å². The average Bonchev–Trinajstić information content (AvgIpc) is 2.46. The zero-order valence-electron chi connectivity index (χ0n) is 9.92. The Balaban J connectivity index is 2.17. The van der Waals surface area contributed by atoms with Gasteiger partial charge < -0.3 is 0 Å². The molecule has 0 aliphatic heterocycles. The van der Waals surface area contributed by atoms with E-state index in [0.29, 0.717) is 15.3 Å². The molecule has 0 radical (unpaired) electrons. The van der Waals surface area contributed by atoms with Crippen LogP contribution in [0.3, 0.4) is 0 Å². The van der Waals surface area contributed by atoms with Crippen molar-refractivity contribution in [1.29, 1.82) is 0 Å². The predicted octanol–water partition coefficient (Wildman–Crippen LogP) is 3.54. The van der Waals surface area contributed by atoms with Crippen LogP contribution < -0.4 is 0 Å². The normalized spacial score (nSPS) is 12.5. The Morgan fingerprint density at radius 1 is 1.00 bits per heavy atom. The first-order valence-corrected chi connectivity index (χ1v) is 6.92. The molecule has 1 atom stereocenters. The van der Waals surface area contributed by atoms with E-state index in [9.17, 15) is 8.60 Å². The van der Waals surface area contributed by atoms with E-state index < -0.39 is 10.8 Å². The Bertz CT molecular complexity index is 767. The summed E-state index contributed by atoms with van der Waals surface area (Å²) < 4.78 is 25.7. The fraction of sp³-hybridized carbons (Fsp3) is 0. The van der Waals surface area contributed by atoms with Crippen molar-refractivity contribution in [3.63, 3.8) is 0 Å². The van der Waals surface area contributed by atoms with E-state index in [0.717, 1.165) is 5.39 Å². The molecule has 0 spiro atoms. The van der Waals surface area contributed by atoms with Gasteiger partial charge in [0.15, 0.2) is 0 Å². The molecule has 19 heavy (non-hydrogen) atoms. The van der Waals surface area contributed by atoms with E-state index in [-0.39, 0.29) is 5.82 Å². The molecule has 3 rings (SSSR count). The number of para-hydroxylation sites is 1. The Morgan fingerprint density at radius 2 is 1.79 bits per heavy atom. The summed E-state index contributed by atoms with van der Waals surface area (Å²) in [6.45, 7) is 0. The topological polar surface area (TPSA) is 30.0 Å². The van der Waals surface area contributed by atoms with Crippen LogP contribution in [0.15, 0.2) is 70.6 Å². The van der Waals surface area contributed by atoms with Gasteiger partial charge >= 0.3 is 0 Å². The fourth-order valence-electron chi connectivity index (χ4n) is 1.94. The number of nitrogens with zero attached hydrogens (tertiary/aromatic N) is 1. The molecule has 2 nitrogen and oxygen atoms in total. The van der Waals surface area contributed by atoms with Crippen molar-refractivity contribution in [2.45, 2.75) is 9.79 Å². The second-order valence-corrected chi connectivity index (χ2v) is 5.51. The highest BCUT2D eigenvalue weighted by atomic mass is 32.2. The Hall–Kier alpha value is -2.07. The van der Waals surface area contributed by atoms with Crippen molar-refractivity contribution < 1.29 is 8.60 Å². The van der Waals surface area contributed by atoms with Gasteiger partial charge in [0.2, 0.25) is 0 Å². The summed E-state index contributed by atoms with van der Waals surface area (Å²) in [5.41, 5.74) is 0.688. The lowest BCUT2D eigenvalue weighted by molar-refractivity contribution is 0.622. The highest BCUT2D eigenvalue weighted by molar-refractivity contribution is 7.85. The summed E-state index contributed by atoms with van der Waals surface area (Å²) in [5, 5.41) is 0.921.